The highest BCUT2D eigenvalue weighted by Crippen LogP contribution is 2.28. The third kappa shape index (κ3) is 3.31. The van der Waals surface area contributed by atoms with Gasteiger partial charge < -0.3 is 4.90 Å². The molecule has 1 aliphatic heterocycles. The molecule has 3 nitrogen and oxygen atoms in total. The van der Waals surface area contributed by atoms with Gasteiger partial charge in [0.05, 0.1) is 12.2 Å². The zero-order valence-electron chi connectivity index (χ0n) is 13.6. The molecule has 4 unspecified atom stereocenters. The van der Waals surface area contributed by atoms with Crippen molar-refractivity contribution in [3.8, 4) is 0 Å². The standard InChI is InChI=1S/C16H32N2O/c1-7-11(5)15-16(19)18(14(10-4)17-15)12(6)13(8-2)9-3/h11-15,17H,7-10H2,1-6H3. The van der Waals surface area contributed by atoms with Crippen LogP contribution >= 0.6 is 0 Å². The number of nitrogens with zero attached hydrogens (tertiary/aromatic N) is 1. The SMILES string of the molecule is CCC(C)C1NC(CC)N(C(C)C(CC)CC)C1=O. The molecule has 4 atom stereocenters. The van der Waals surface area contributed by atoms with E-state index in [4.69, 9.17) is 0 Å². The first-order valence-corrected chi connectivity index (χ1v) is 8.09. The average molecular weight is 268 g/mol. The molecule has 0 aromatic heterocycles. The Balaban J connectivity index is 2.88. The monoisotopic (exact) mass is 268 g/mol. The van der Waals surface area contributed by atoms with Crippen LogP contribution in [0.25, 0.3) is 0 Å². The van der Waals surface area contributed by atoms with Crippen molar-refractivity contribution in [1.82, 2.24) is 10.2 Å². The Bertz CT molecular complexity index is 288. The summed E-state index contributed by atoms with van der Waals surface area (Å²) in [6, 6.07) is 0.362. The molecule has 0 spiro atoms. The summed E-state index contributed by atoms with van der Waals surface area (Å²) in [6.07, 6.45) is 4.55. The number of carbonyl (C=O) groups is 1. The number of carbonyl (C=O) groups excluding carboxylic acids is 1. The van der Waals surface area contributed by atoms with Crippen LogP contribution in [0.2, 0.25) is 0 Å². The van der Waals surface area contributed by atoms with E-state index >= 15 is 0 Å². The molecule has 3 heteroatoms. The zero-order chi connectivity index (χ0) is 14.6. The summed E-state index contributed by atoms with van der Waals surface area (Å²) < 4.78 is 0. The summed E-state index contributed by atoms with van der Waals surface area (Å²) >= 11 is 0. The molecule has 1 aliphatic rings. The highest BCUT2D eigenvalue weighted by Gasteiger charge is 2.43. The Kier molecular flexibility index (Phi) is 6.31. The summed E-state index contributed by atoms with van der Waals surface area (Å²) in [5, 5.41) is 3.55. The summed E-state index contributed by atoms with van der Waals surface area (Å²) in [5.74, 6) is 1.34. The van der Waals surface area contributed by atoms with Crippen LogP contribution < -0.4 is 5.32 Å². The molecule has 0 aromatic carbocycles. The van der Waals surface area contributed by atoms with Gasteiger partial charge in [-0.3, -0.25) is 10.1 Å². The quantitative estimate of drug-likeness (QED) is 0.767. The van der Waals surface area contributed by atoms with Crippen molar-refractivity contribution < 1.29 is 4.79 Å². The molecule has 1 heterocycles. The smallest absolute Gasteiger partial charge is 0.241 e. The van der Waals surface area contributed by atoms with Crippen LogP contribution in [0.3, 0.4) is 0 Å². The van der Waals surface area contributed by atoms with E-state index < -0.39 is 0 Å². The first kappa shape index (κ1) is 16.5. The summed E-state index contributed by atoms with van der Waals surface area (Å²) in [5.41, 5.74) is 0. The van der Waals surface area contributed by atoms with Gasteiger partial charge in [0, 0.05) is 6.04 Å². The highest BCUT2D eigenvalue weighted by molar-refractivity contribution is 5.85. The molecule has 1 amide bonds. The van der Waals surface area contributed by atoms with Crippen LogP contribution in [0.4, 0.5) is 0 Å². The van der Waals surface area contributed by atoms with Gasteiger partial charge in [-0.25, -0.2) is 0 Å². The van der Waals surface area contributed by atoms with Gasteiger partial charge in [0.25, 0.3) is 0 Å². The maximum Gasteiger partial charge on any atom is 0.241 e. The van der Waals surface area contributed by atoms with E-state index in [9.17, 15) is 4.79 Å². The molecule has 0 radical (unpaired) electrons. The van der Waals surface area contributed by atoms with E-state index in [1.165, 1.54) is 0 Å². The largest absolute Gasteiger partial charge is 0.323 e. The van der Waals surface area contributed by atoms with Crippen LogP contribution in [0.1, 0.15) is 67.2 Å². The topological polar surface area (TPSA) is 32.3 Å². The highest BCUT2D eigenvalue weighted by atomic mass is 16.2. The predicted molar refractivity (Wildman–Crippen MR) is 80.8 cm³/mol. The fourth-order valence-corrected chi connectivity index (χ4v) is 3.31. The molecular weight excluding hydrogens is 236 g/mol. The van der Waals surface area contributed by atoms with Crippen molar-refractivity contribution in [3.63, 3.8) is 0 Å². The predicted octanol–water partition coefficient (Wildman–Crippen LogP) is 3.39. The van der Waals surface area contributed by atoms with Crippen LogP contribution in [0.15, 0.2) is 0 Å². The molecule has 1 rings (SSSR count). The van der Waals surface area contributed by atoms with E-state index in [0.717, 1.165) is 25.7 Å². The molecule has 0 saturated carbocycles. The van der Waals surface area contributed by atoms with Crippen LogP contribution in [0, 0.1) is 11.8 Å². The molecule has 0 aliphatic carbocycles. The molecule has 112 valence electrons. The van der Waals surface area contributed by atoms with Crippen LogP contribution in [0.5, 0.6) is 0 Å². The second kappa shape index (κ2) is 7.28. The lowest BCUT2D eigenvalue weighted by Gasteiger charge is -2.34. The molecular formula is C16H32N2O. The molecule has 0 bridgehead atoms. The minimum absolute atomic E-state index is 0.0202. The Morgan fingerprint density at radius 2 is 1.68 bits per heavy atom. The number of hydrogen-bond donors (Lipinski definition) is 1. The van der Waals surface area contributed by atoms with E-state index in [1.54, 1.807) is 0 Å². The van der Waals surface area contributed by atoms with Gasteiger partial charge >= 0.3 is 0 Å². The van der Waals surface area contributed by atoms with Gasteiger partial charge in [0.15, 0.2) is 0 Å². The van der Waals surface area contributed by atoms with Gasteiger partial charge in [0.2, 0.25) is 5.91 Å². The summed E-state index contributed by atoms with van der Waals surface area (Å²) in [7, 11) is 0. The van der Waals surface area contributed by atoms with Gasteiger partial charge in [-0.15, -0.1) is 0 Å². The minimum Gasteiger partial charge on any atom is -0.323 e. The van der Waals surface area contributed by atoms with Gasteiger partial charge in [-0.1, -0.05) is 53.9 Å². The summed E-state index contributed by atoms with van der Waals surface area (Å²) in [6.45, 7) is 13.2. The van der Waals surface area contributed by atoms with Crippen molar-refractivity contribution >= 4 is 5.91 Å². The van der Waals surface area contributed by atoms with E-state index in [-0.39, 0.29) is 12.2 Å². The second-order valence-electron chi connectivity index (χ2n) is 6.02. The lowest BCUT2D eigenvalue weighted by molar-refractivity contribution is -0.134. The Morgan fingerprint density at radius 1 is 1.11 bits per heavy atom. The normalized spacial score (nSPS) is 27.1. The maximum atomic E-state index is 12.7. The number of hydrogen-bond acceptors (Lipinski definition) is 2. The van der Waals surface area contributed by atoms with Crippen molar-refractivity contribution in [2.75, 3.05) is 0 Å². The van der Waals surface area contributed by atoms with Crippen molar-refractivity contribution in [2.24, 2.45) is 11.8 Å². The minimum atomic E-state index is 0.0202. The fourth-order valence-electron chi connectivity index (χ4n) is 3.31. The molecule has 1 N–H and O–H groups in total. The molecule has 19 heavy (non-hydrogen) atoms. The van der Waals surface area contributed by atoms with Gasteiger partial charge in [-0.2, -0.15) is 0 Å². The van der Waals surface area contributed by atoms with Crippen LogP contribution in [-0.4, -0.2) is 29.1 Å². The molecule has 1 saturated heterocycles. The first-order chi connectivity index (χ1) is 9.01. The third-order valence-corrected chi connectivity index (χ3v) is 5.00. The van der Waals surface area contributed by atoms with E-state index in [1.807, 2.05) is 0 Å². The lowest BCUT2D eigenvalue weighted by Crippen LogP contribution is -2.46. The van der Waals surface area contributed by atoms with Crippen molar-refractivity contribution in [1.29, 1.82) is 0 Å². The lowest BCUT2D eigenvalue weighted by atomic mass is 9.93. The Morgan fingerprint density at radius 3 is 2.11 bits per heavy atom. The second-order valence-corrected chi connectivity index (χ2v) is 6.02. The van der Waals surface area contributed by atoms with Crippen molar-refractivity contribution in [2.45, 2.75) is 85.5 Å². The average Bonchev–Trinajstić information content (AvgIpc) is 2.75. The van der Waals surface area contributed by atoms with Gasteiger partial charge in [0.1, 0.15) is 0 Å². The van der Waals surface area contributed by atoms with E-state index in [2.05, 4.69) is 51.8 Å². The van der Waals surface area contributed by atoms with Gasteiger partial charge in [-0.05, 0) is 25.2 Å². The number of amides is 1. The van der Waals surface area contributed by atoms with Crippen LogP contribution in [-0.2, 0) is 4.79 Å². The Labute approximate surface area is 119 Å². The third-order valence-electron chi connectivity index (χ3n) is 5.00. The number of nitrogens with one attached hydrogen (secondary N) is 1. The summed E-state index contributed by atoms with van der Waals surface area (Å²) in [4.78, 5) is 14.8. The fraction of sp³-hybridized carbons (Fsp3) is 0.938. The maximum absolute atomic E-state index is 12.7. The zero-order valence-corrected chi connectivity index (χ0v) is 13.6. The molecule has 1 fully saturated rings. The number of rotatable bonds is 7. The Hall–Kier alpha value is -0.570. The molecule has 0 aromatic rings. The van der Waals surface area contributed by atoms with E-state index in [0.29, 0.717) is 23.8 Å². The van der Waals surface area contributed by atoms with Crippen molar-refractivity contribution in [3.05, 3.63) is 0 Å². The first-order valence-electron chi connectivity index (χ1n) is 8.09.